The van der Waals surface area contributed by atoms with Gasteiger partial charge in [-0.15, -0.1) is 0 Å². The molecule has 4 nitrogen and oxygen atoms in total. The lowest BCUT2D eigenvalue weighted by atomic mass is 10.1. The van der Waals surface area contributed by atoms with Crippen LogP contribution in [0.15, 0.2) is 114 Å². The molecule has 38 heavy (non-hydrogen) atoms. The van der Waals surface area contributed by atoms with Gasteiger partial charge in [-0.25, -0.2) is 9.97 Å². The van der Waals surface area contributed by atoms with Gasteiger partial charge in [0.25, 0.3) is 0 Å². The largest absolute Gasteiger partial charge is 0.276 e. The van der Waals surface area contributed by atoms with Crippen LogP contribution < -0.4 is 0 Å². The van der Waals surface area contributed by atoms with E-state index < -0.39 is 0 Å². The van der Waals surface area contributed by atoms with Gasteiger partial charge in [-0.1, -0.05) is 97.1 Å². The van der Waals surface area contributed by atoms with Crippen LogP contribution in [0, 0.1) is 6.92 Å². The number of hydrogen-bond acceptors (Lipinski definition) is 3. The van der Waals surface area contributed by atoms with Crippen molar-refractivity contribution in [1.29, 1.82) is 0 Å². The van der Waals surface area contributed by atoms with Gasteiger partial charge in [0.15, 0.2) is 0 Å². The van der Waals surface area contributed by atoms with Crippen LogP contribution in [0.5, 0.6) is 0 Å². The van der Waals surface area contributed by atoms with Crippen LogP contribution in [0.3, 0.4) is 0 Å². The SMILES string of the molecule is C/C=C\c1c(C(C)=Nc2ccccc2C)n(-c2nc(-c3ccccc3)c3ccccc3n2)c2ccccc12. The van der Waals surface area contributed by atoms with Gasteiger partial charge < -0.3 is 0 Å². The van der Waals surface area contributed by atoms with E-state index in [1.807, 2.05) is 49.4 Å². The monoisotopic (exact) mass is 492 g/mol. The summed E-state index contributed by atoms with van der Waals surface area (Å²) >= 11 is 0. The van der Waals surface area contributed by atoms with E-state index in [1.54, 1.807) is 0 Å². The van der Waals surface area contributed by atoms with E-state index in [0.29, 0.717) is 5.95 Å². The normalized spacial score (nSPS) is 12.1. The van der Waals surface area contributed by atoms with Gasteiger partial charge in [-0.3, -0.25) is 9.56 Å². The molecule has 2 heterocycles. The van der Waals surface area contributed by atoms with Crippen molar-refractivity contribution in [2.45, 2.75) is 20.8 Å². The summed E-state index contributed by atoms with van der Waals surface area (Å²) in [5.41, 5.74) is 9.01. The van der Waals surface area contributed by atoms with Crippen molar-refractivity contribution in [2.24, 2.45) is 4.99 Å². The Morgan fingerprint density at radius 1 is 0.763 bits per heavy atom. The Hall–Kier alpha value is -4.83. The summed E-state index contributed by atoms with van der Waals surface area (Å²) in [5, 5.41) is 2.16. The molecule has 0 saturated carbocycles. The van der Waals surface area contributed by atoms with Crippen molar-refractivity contribution in [3.63, 3.8) is 0 Å². The minimum Gasteiger partial charge on any atom is -0.276 e. The number of rotatable bonds is 5. The third-order valence-electron chi connectivity index (χ3n) is 6.83. The van der Waals surface area contributed by atoms with Crippen molar-refractivity contribution in [1.82, 2.24) is 14.5 Å². The first-order valence-electron chi connectivity index (χ1n) is 12.9. The fourth-order valence-corrected chi connectivity index (χ4v) is 5.07. The van der Waals surface area contributed by atoms with E-state index >= 15 is 0 Å². The molecule has 0 spiro atoms. The topological polar surface area (TPSA) is 43.1 Å². The second-order valence-corrected chi connectivity index (χ2v) is 9.35. The zero-order chi connectivity index (χ0) is 26.1. The third-order valence-corrected chi connectivity index (χ3v) is 6.83. The minimum absolute atomic E-state index is 0.629. The first-order valence-corrected chi connectivity index (χ1v) is 12.9. The third kappa shape index (κ3) is 4.10. The second kappa shape index (κ2) is 9.91. The highest BCUT2D eigenvalue weighted by Crippen LogP contribution is 2.34. The van der Waals surface area contributed by atoms with Crippen LogP contribution in [0.4, 0.5) is 5.69 Å². The summed E-state index contributed by atoms with van der Waals surface area (Å²) in [6.07, 6.45) is 4.23. The number of nitrogens with zero attached hydrogens (tertiary/aromatic N) is 4. The number of allylic oxidation sites excluding steroid dienone is 1. The lowest BCUT2D eigenvalue weighted by Gasteiger charge is -2.14. The summed E-state index contributed by atoms with van der Waals surface area (Å²) in [7, 11) is 0. The molecule has 4 aromatic carbocycles. The maximum absolute atomic E-state index is 5.21. The molecule has 184 valence electrons. The molecule has 0 saturated heterocycles. The van der Waals surface area contributed by atoms with Gasteiger partial charge in [0.05, 0.1) is 33.8 Å². The first kappa shape index (κ1) is 23.6. The quantitative estimate of drug-likeness (QED) is 0.226. The molecule has 0 fully saturated rings. The smallest absolute Gasteiger partial charge is 0.235 e. The van der Waals surface area contributed by atoms with Crippen molar-refractivity contribution in [3.8, 4) is 17.2 Å². The lowest BCUT2D eigenvalue weighted by molar-refractivity contribution is 0.971. The number of para-hydroxylation sites is 3. The summed E-state index contributed by atoms with van der Waals surface area (Å²) in [5.74, 6) is 0.629. The highest BCUT2D eigenvalue weighted by Gasteiger charge is 2.22. The molecule has 0 unspecified atom stereocenters. The summed E-state index contributed by atoms with van der Waals surface area (Å²) in [6.45, 7) is 6.21. The van der Waals surface area contributed by atoms with Gasteiger partial charge in [0, 0.05) is 21.9 Å². The maximum atomic E-state index is 5.21. The van der Waals surface area contributed by atoms with E-state index in [2.05, 4.69) is 91.2 Å². The van der Waals surface area contributed by atoms with Gasteiger partial charge in [0.2, 0.25) is 5.95 Å². The van der Waals surface area contributed by atoms with Crippen molar-refractivity contribution in [2.75, 3.05) is 0 Å². The van der Waals surface area contributed by atoms with Crippen molar-refractivity contribution in [3.05, 3.63) is 126 Å². The Morgan fingerprint density at radius 3 is 2.24 bits per heavy atom. The molecular weight excluding hydrogens is 464 g/mol. The molecule has 0 N–H and O–H groups in total. The van der Waals surface area contributed by atoms with Gasteiger partial charge >= 0.3 is 0 Å². The van der Waals surface area contributed by atoms with Crippen LogP contribution in [0.25, 0.3) is 45.1 Å². The van der Waals surface area contributed by atoms with Crippen LogP contribution in [-0.4, -0.2) is 20.2 Å². The van der Waals surface area contributed by atoms with Gasteiger partial charge in [-0.2, -0.15) is 0 Å². The van der Waals surface area contributed by atoms with E-state index in [-0.39, 0.29) is 0 Å². The molecule has 4 heteroatoms. The molecule has 6 rings (SSSR count). The van der Waals surface area contributed by atoms with E-state index in [9.17, 15) is 0 Å². The highest BCUT2D eigenvalue weighted by atomic mass is 15.2. The lowest BCUT2D eigenvalue weighted by Crippen LogP contribution is -2.11. The standard InChI is InChI=1S/C34H28N4/c1-4-14-27-26-18-10-13-22-31(26)38(33(27)24(3)35-29-20-11-8-15-23(29)2)34-36-30-21-12-9-19-28(30)32(37-34)25-16-6-5-7-17-25/h4-22H,1-3H3/b14-4-,35-24?. The fourth-order valence-electron chi connectivity index (χ4n) is 5.07. The Bertz CT molecular complexity index is 1840. The number of benzene rings is 4. The maximum Gasteiger partial charge on any atom is 0.235 e. The molecule has 0 aliphatic heterocycles. The molecule has 2 aromatic heterocycles. The molecule has 0 aliphatic rings. The van der Waals surface area contributed by atoms with Crippen LogP contribution in [0.2, 0.25) is 0 Å². The average Bonchev–Trinajstić information content (AvgIpc) is 3.28. The molecule has 6 aromatic rings. The predicted octanol–water partition coefficient (Wildman–Crippen LogP) is 8.72. The van der Waals surface area contributed by atoms with Crippen LogP contribution >= 0.6 is 0 Å². The van der Waals surface area contributed by atoms with Crippen molar-refractivity contribution < 1.29 is 0 Å². The predicted molar refractivity (Wildman–Crippen MR) is 160 cm³/mol. The molecule has 0 atom stereocenters. The minimum atomic E-state index is 0.629. The molecule has 0 aliphatic carbocycles. The number of aromatic nitrogens is 3. The van der Waals surface area contributed by atoms with E-state index in [4.69, 9.17) is 15.0 Å². The molecular formula is C34H28N4. The number of hydrogen-bond donors (Lipinski definition) is 0. The van der Waals surface area contributed by atoms with E-state index in [0.717, 1.165) is 61.3 Å². The number of aryl methyl sites for hydroxylation is 1. The van der Waals surface area contributed by atoms with Crippen LogP contribution in [-0.2, 0) is 0 Å². The Kier molecular flexibility index (Phi) is 6.14. The zero-order valence-electron chi connectivity index (χ0n) is 21.8. The fraction of sp³-hybridized carbons (Fsp3) is 0.0882. The average molecular weight is 493 g/mol. The summed E-state index contributed by atoms with van der Waals surface area (Å²) in [4.78, 5) is 15.4. The van der Waals surface area contributed by atoms with Crippen molar-refractivity contribution >= 4 is 39.3 Å². The van der Waals surface area contributed by atoms with E-state index in [1.165, 1.54) is 0 Å². The molecule has 0 bridgehead atoms. The number of aliphatic imine (C=N–C) groups is 1. The Labute approximate surface area is 222 Å². The highest BCUT2D eigenvalue weighted by molar-refractivity contribution is 6.09. The van der Waals surface area contributed by atoms with Gasteiger partial charge in [-0.05, 0) is 44.5 Å². The zero-order valence-corrected chi connectivity index (χ0v) is 21.8. The second-order valence-electron chi connectivity index (χ2n) is 9.35. The van der Waals surface area contributed by atoms with Gasteiger partial charge in [0.1, 0.15) is 0 Å². The Balaban J connectivity index is 1.71. The first-order chi connectivity index (χ1) is 18.7. The number of fused-ring (bicyclic) bond motifs is 2. The molecule has 0 radical (unpaired) electrons. The van der Waals surface area contributed by atoms with Crippen LogP contribution in [0.1, 0.15) is 30.7 Å². The molecule has 0 amide bonds. The summed E-state index contributed by atoms with van der Waals surface area (Å²) < 4.78 is 2.17. The Morgan fingerprint density at radius 2 is 1.45 bits per heavy atom. The summed E-state index contributed by atoms with van der Waals surface area (Å²) in [6, 6.07) is 35.2.